The third kappa shape index (κ3) is 9.05. The number of aryl methyl sites for hydroxylation is 2. The summed E-state index contributed by atoms with van der Waals surface area (Å²) in [5.74, 6) is 1.55. The van der Waals surface area contributed by atoms with Crippen LogP contribution in [0.25, 0.3) is 6.08 Å². The minimum Gasteiger partial charge on any atom is -0.487 e. The summed E-state index contributed by atoms with van der Waals surface area (Å²) < 4.78 is 17.2. The molecule has 0 spiro atoms. The maximum atomic E-state index is 12.9. The molecule has 2 heterocycles. The number of carbonyl (C=O) groups excluding carboxylic acids is 2. The number of nitrogens with zero attached hydrogens (tertiary/aromatic N) is 4. The van der Waals surface area contributed by atoms with E-state index in [0.29, 0.717) is 42.6 Å². The van der Waals surface area contributed by atoms with Gasteiger partial charge >= 0.3 is 6.09 Å². The van der Waals surface area contributed by atoms with Crippen molar-refractivity contribution < 1.29 is 28.6 Å². The van der Waals surface area contributed by atoms with E-state index in [1.54, 1.807) is 62.2 Å². The topological polar surface area (TPSA) is 114 Å². The largest absolute Gasteiger partial charge is 0.487 e. The van der Waals surface area contributed by atoms with E-state index >= 15 is 0 Å². The van der Waals surface area contributed by atoms with Gasteiger partial charge in [0.05, 0.1) is 31.0 Å². The van der Waals surface area contributed by atoms with Gasteiger partial charge in [-0.05, 0) is 93.3 Å². The van der Waals surface area contributed by atoms with E-state index in [-0.39, 0.29) is 19.1 Å². The second kappa shape index (κ2) is 13.9. The minimum absolute atomic E-state index is 0.170. The van der Waals surface area contributed by atoms with Crippen molar-refractivity contribution in [3.63, 3.8) is 0 Å². The van der Waals surface area contributed by atoms with Gasteiger partial charge in [-0.2, -0.15) is 10.3 Å². The first kappa shape index (κ1) is 31.1. The molecule has 3 aromatic rings. The smallest absolute Gasteiger partial charge is 0.434 e. The lowest BCUT2D eigenvalue weighted by Gasteiger charge is -2.25. The molecule has 0 radical (unpaired) electrons. The van der Waals surface area contributed by atoms with Crippen molar-refractivity contribution in [3.8, 4) is 23.4 Å². The fourth-order valence-electron chi connectivity index (χ4n) is 4.30. The summed E-state index contributed by atoms with van der Waals surface area (Å²) in [6.07, 6.45) is 4.33. The Labute approximate surface area is 252 Å². The summed E-state index contributed by atoms with van der Waals surface area (Å²) in [7, 11) is 0. The number of hydrogen-bond acceptors (Lipinski definition) is 8. The fraction of sp³-hybridized carbons (Fsp3) is 0.333. The first-order valence-electron chi connectivity index (χ1n) is 14.0. The molecule has 2 amide bonds. The van der Waals surface area contributed by atoms with Crippen LogP contribution in [-0.4, -0.2) is 58.8 Å². The molecular weight excluding hydrogens is 548 g/mol. The molecule has 43 heavy (non-hydrogen) atoms. The third-order valence-corrected chi connectivity index (χ3v) is 6.40. The van der Waals surface area contributed by atoms with Crippen LogP contribution in [0.15, 0.2) is 60.8 Å². The Balaban J connectivity index is 1.32. The summed E-state index contributed by atoms with van der Waals surface area (Å²) in [6.45, 7) is 10.7. The van der Waals surface area contributed by atoms with Gasteiger partial charge in [0.15, 0.2) is 0 Å². The quantitative estimate of drug-likeness (QED) is 0.312. The molecule has 2 aromatic carbocycles. The SMILES string of the molecule is Cc1cc(/C=C/C(=O)N2CCON(C(=O)OC(C)(C)C)CC2)cc(C)c1Oc1ccc(OCc2ccc(C#N)cc2)cn1. The highest BCUT2D eigenvalue weighted by Crippen LogP contribution is 2.30. The summed E-state index contributed by atoms with van der Waals surface area (Å²) in [5, 5.41) is 10.1. The van der Waals surface area contributed by atoms with Crippen LogP contribution in [0.5, 0.6) is 17.4 Å². The second-order valence-electron chi connectivity index (χ2n) is 11.1. The highest BCUT2D eigenvalue weighted by Gasteiger charge is 2.26. The van der Waals surface area contributed by atoms with Crippen molar-refractivity contribution in [1.29, 1.82) is 5.26 Å². The normalized spacial score (nSPS) is 13.8. The summed E-state index contributed by atoms with van der Waals surface area (Å²) in [6, 6.07) is 16.7. The van der Waals surface area contributed by atoms with Gasteiger partial charge in [-0.25, -0.2) is 9.78 Å². The number of amides is 2. The van der Waals surface area contributed by atoms with Crippen molar-refractivity contribution in [2.45, 2.75) is 46.8 Å². The zero-order valence-corrected chi connectivity index (χ0v) is 25.1. The minimum atomic E-state index is -0.632. The first-order valence-corrected chi connectivity index (χ1v) is 14.0. The van der Waals surface area contributed by atoms with Gasteiger partial charge in [-0.15, -0.1) is 0 Å². The van der Waals surface area contributed by atoms with Crippen LogP contribution >= 0.6 is 0 Å². The van der Waals surface area contributed by atoms with E-state index in [1.807, 2.05) is 38.1 Å². The molecule has 0 N–H and O–H groups in total. The van der Waals surface area contributed by atoms with Crippen molar-refractivity contribution in [2.75, 3.05) is 26.2 Å². The predicted octanol–water partition coefficient (Wildman–Crippen LogP) is 5.97. The maximum absolute atomic E-state index is 12.9. The van der Waals surface area contributed by atoms with Gasteiger partial charge in [-0.3, -0.25) is 9.63 Å². The van der Waals surface area contributed by atoms with Crippen LogP contribution in [0.4, 0.5) is 4.79 Å². The number of ether oxygens (including phenoxy) is 3. The number of carbonyl (C=O) groups is 2. The Morgan fingerprint density at radius 2 is 1.77 bits per heavy atom. The Morgan fingerprint density at radius 3 is 2.40 bits per heavy atom. The zero-order valence-electron chi connectivity index (χ0n) is 25.1. The Kier molecular flexibility index (Phi) is 10.0. The number of aromatic nitrogens is 1. The lowest BCUT2D eigenvalue weighted by atomic mass is 10.1. The molecular formula is C33H36N4O6. The lowest BCUT2D eigenvalue weighted by molar-refractivity contribution is -0.137. The number of rotatable bonds is 7. The van der Waals surface area contributed by atoms with Crippen molar-refractivity contribution in [2.24, 2.45) is 0 Å². The molecule has 4 rings (SSSR count). The van der Waals surface area contributed by atoms with E-state index in [0.717, 1.165) is 22.3 Å². The molecule has 0 saturated carbocycles. The number of hydrogen-bond donors (Lipinski definition) is 0. The predicted molar refractivity (Wildman–Crippen MR) is 160 cm³/mol. The van der Waals surface area contributed by atoms with Gasteiger partial charge in [0, 0.05) is 25.2 Å². The number of benzene rings is 2. The zero-order chi connectivity index (χ0) is 31.0. The highest BCUT2D eigenvalue weighted by molar-refractivity contribution is 5.92. The molecule has 1 aliphatic rings. The van der Waals surface area contributed by atoms with Crippen LogP contribution < -0.4 is 9.47 Å². The standard InChI is InChI=1S/C33H36N4O6/c1-23-18-27(10-13-30(38)36-14-15-37(41-17-16-36)32(39)43-33(3,4)5)19-24(2)31(23)42-29-12-11-28(21-35-29)40-22-26-8-6-25(20-34)7-9-26/h6-13,18-19,21H,14-17,22H2,1-5H3/b13-10+. The van der Waals surface area contributed by atoms with Crippen LogP contribution in [0.1, 0.15) is 48.6 Å². The summed E-state index contributed by atoms with van der Waals surface area (Å²) in [4.78, 5) is 36.7. The Morgan fingerprint density at radius 1 is 1.05 bits per heavy atom. The van der Waals surface area contributed by atoms with Crippen molar-refractivity contribution in [1.82, 2.24) is 14.9 Å². The molecule has 224 valence electrons. The third-order valence-electron chi connectivity index (χ3n) is 6.40. The fourth-order valence-corrected chi connectivity index (χ4v) is 4.30. The van der Waals surface area contributed by atoms with Crippen LogP contribution in [0, 0.1) is 25.2 Å². The Bertz CT molecular complexity index is 1480. The van der Waals surface area contributed by atoms with Crippen molar-refractivity contribution in [3.05, 3.63) is 88.6 Å². The van der Waals surface area contributed by atoms with E-state index in [4.69, 9.17) is 24.3 Å². The molecule has 1 fully saturated rings. The molecule has 1 aromatic heterocycles. The van der Waals surface area contributed by atoms with Crippen LogP contribution in [0.3, 0.4) is 0 Å². The van der Waals surface area contributed by atoms with Gasteiger partial charge in [0.25, 0.3) is 0 Å². The number of nitriles is 1. The molecule has 1 saturated heterocycles. The van der Waals surface area contributed by atoms with Crippen LogP contribution in [0.2, 0.25) is 0 Å². The van der Waals surface area contributed by atoms with E-state index < -0.39 is 11.7 Å². The maximum Gasteiger partial charge on any atom is 0.434 e. The highest BCUT2D eigenvalue weighted by atomic mass is 16.7. The lowest BCUT2D eigenvalue weighted by Crippen LogP contribution is -2.39. The molecule has 0 aliphatic carbocycles. The molecule has 10 heteroatoms. The second-order valence-corrected chi connectivity index (χ2v) is 11.1. The van der Waals surface area contributed by atoms with E-state index in [9.17, 15) is 9.59 Å². The summed E-state index contributed by atoms with van der Waals surface area (Å²) in [5.41, 5.74) is 3.57. The van der Waals surface area contributed by atoms with E-state index in [2.05, 4.69) is 11.1 Å². The number of pyridine rings is 1. The molecule has 0 bridgehead atoms. The summed E-state index contributed by atoms with van der Waals surface area (Å²) >= 11 is 0. The van der Waals surface area contributed by atoms with Crippen LogP contribution in [-0.2, 0) is 21.0 Å². The average molecular weight is 585 g/mol. The average Bonchev–Trinajstić information content (AvgIpc) is 3.23. The monoisotopic (exact) mass is 584 g/mol. The molecule has 0 atom stereocenters. The van der Waals surface area contributed by atoms with Gasteiger partial charge in [0.1, 0.15) is 23.7 Å². The molecule has 0 unspecified atom stereocenters. The molecule has 10 nitrogen and oxygen atoms in total. The first-order chi connectivity index (χ1) is 20.5. The van der Waals surface area contributed by atoms with E-state index in [1.165, 1.54) is 11.1 Å². The van der Waals surface area contributed by atoms with Gasteiger partial charge < -0.3 is 19.1 Å². The van der Waals surface area contributed by atoms with Gasteiger partial charge in [0.2, 0.25) is 11.8 Å². The Hall–Kier alpha value is -4.88. The molecule has 1 aliphatic heterocycles. The van der Waals surface area contributed by atoms with Crippen molar-refractivity contribution >= 4 is 18.1 Å². The number of hydroxylamine groups is 2. The van der Waals surface area contributed by atoms with Gasteiger partial charge in [-0.1, -0.05) is 12.1 Å².